The highest BCUT2D eigenvalue weighted by molar-refractivity contribution is 6.12. The number of anilines is 1. The first-order valence-corrected chi connectivity index (χ1v) is 6.85. The zero-order valence-electron chi connectivity index (χ0n) is 11.9. The summed E-state index contributed by atoms with van der Waals surface area (Å²) >= 11 is 0. The number of para-hydroxylation sites is 1. The number of ketones is 1. The van der Waals surface area contributed by atoms with E-state index in [4.69, 9.17) is 5.11 Å². The van der Waals surface area contributed by atoms with Gasteiger partial charge in [0.2, 0.25) is 0 Å². The Morgan fingerprint density at radius 1 is 1.14 bits per heavy atom. The van der Waals surface area contributed by atoms with E-state index in [2.05, 4.69) is 5.32 Å². The highest BCUT2D eigenvalue weighted by Crippen LogP contribution is 2.19. The predicted molar refractivity (Wildman–Crippen MR) is 82.6 cm³/mol. The second-order valence-electron chi connectivity index (χ2n) is 4.96. The fraction of sp³-hybridized carbons (Fsp3) is 0.235. The lowest BCUT2D eigenvalue weighted by atomic mass is 10.0. The van der Waals surface area contributed by atoms with Gasteiger partial charge >= 0.3 is 0 Å². The van der Waals surface area contributed by atoms with E-state index in [0.29, 0.717) is 16.8 Å². The molecule has 0 aromatic heterocycles. The summed E-state index contributed by atoms with van der Waals surface area (Å²) in [4.78, 5) is 12.5. The summed E-state index contributed by atoms with van der Waals surface area (Å²) in [6.07, 6.45) is -0.854. The average molecular weight is 285 g/mol. The first kappa shape index (κ1) is 15.2. The SMILES string of the molecule is Cc1ccc(C(=O)c2ccccc2NCC(O)CO)cc1. The summed E-state index contributed by atoms with van der Waals surface area (Å²) < 4.78 is 0. The molecule has 1 unspecified atom stereocenters. The zero-order valence-corrected chi connectivity index (χ0v) is 11.9. The van der Waals surface area contributed by atoms with E-state index < -0.39 is 6.10 Å². The molecule has 4 heteroatoms. The van der Waals surface area contributed by atoms with Crippen molar-refractivity contribution in [3.8, 4) is 0 Å². The lowest BCUT2D eigenvalue weighted by Gasteiger charge is -2.13. The van der Waals surface area contributed by atoms with E-state index in [-0.39, 0.29) is 18.9 Å². The monoisotopic (exact) mass is 285 g/mol. The molecular formula is C17H19NO3. The van der Waals surface area contributed by atoms with Crippen molar-refractivity contribution in [1.29, 1.82) is 0 Å². The highest BCUT2D eigenvalue weighted by atomic mass is 16.3. The number of carbonyl (C=O) groups is 1. The molecule has 0 saturated heterocycles. The number of aryl methyl sites for hydroxylation is 1. The van der Waals surface area contributed by atoms with Gasteiger partial charge in [0.1, 0.15) is 0 Å². The van der Waals surface area contributed by atoms with Gasteiger partial charge in [-0.25, -0.2) is 0 Å². The van der Waals surface area contributed by atoms with Gasteiger partial charge in [0.15, 0.2) is 5.78 Å². The van der Waals surface area contributed by atoms with Crippen molar-refractivity contribution in [3.05, 3.63) is 65.2 Å². The van der Waals surface area contributed by atoms with Crippen molar-refractivity contribution in [2.75, 3.05) is 18.5 Å². The van der Waals surface area contributed by atoms with Gasteiger partial charge in [-0.1, -0.05) is 42.0 Å². The molecule has 0 saturated carbocycles. The minimum absolute atomic E-state index is 0.0726. The molecule has 21 heavy (non-hydrogen) atoms. The first-order chi connectivity index (χ1) is 10.1. The second-order valence-corrected chi connectivity index (χ2v) is 4.96. The van der Waals surface area contributed by atoms with Gasteiger partial charge in [-0.15, -0.1) is 0 Å². The van der Waals surface area contributed by atoms with Crippen molar-refractivity contribution >= 4 is 11.5 Å². The Morgan fingerprint density at radius 3 is 2.48 bits per heavy atom. The van der Waals surface area contributed by atoms with Crippen LogP contribution in [0.4, 0.5) is 5.69 Å². The van der Waals surface area contributed by atoms with Crippen LogP contribution in [0.1, 0.15) is 21.5 Å². The first-order valence-electron chi connectivity index (χ1n) is 6.85. The highest BCUT2D eigenvalue weighted by Gasteiger charge is 2.13. The van der Waals surface area contributed by atoms with Crippen LogP contribution in [0, 0.1) is 6.92 Å². The Bertz CT molecular complexity index is 608. The van der Waals surface area contributed by atoms with Crippen LogP contribution in [-0.4, -0.2) is 35.3 Å². The standard InChI is InChI=1S/C17H19NO3/c1-12-6-8-13(9-7-12)17(21)15-4-2-3-5-16(15)18-10-14(20)11-19/h2-9,14,18-20H,10-11H2,1H3. The van der Waals surface area contributed by atoms with Crippen LogP contribution >= 0.6 is 0 Å². The Morgan fingerprint density at radius 2 is 1.81 bits per heavy atom. The number of hydrogen-bond acceptors (Lipinski definition) is 4. The Balaban J connectivity index is 2.22. The topological polar surface area (TPSA) is 69.6 Å². The van der Waals surface area contributed by atoms with Crippen molar-refractivity contribution in [3.63, 3.8) is 0 Å². The summed E-state index contributed by atoms with van der Waals surface area (Å²) in [5.41, 5.74) is 2.92. The molecule has 2 rings (SSSR count). The molecule has 0 amide bonds. The van der Waals surface area contributed by atoms with Gasteiger partial charge in [-0.2, -0.15) is 0 Å². The van der Waals surface area contributed by atoms with Crippen molar-refractivity contribution < 1.29 is 15.0 Å². The molecule has 0 aliphatic rings. The van der Waals surface area contributed by atoms with E-state index in [0.717, 1.165) is 5.56 Å². The fourth-order valence-electron chi connectivity index (χ4n) is 1.99. The maximum absolute atomic E-state index is 12.5. The normalized spacial score (nSPS) is 12.0. The molecule has 0 aliphatic carbocycles. The lowest BCUT2D eigenvalue weighted by molar-refractivity contribution is 0.103. The summed E-state index contributed by atoms with van der Waals surface area (Å²) in [7, 11) is 0. The number of aliphatic hydroxyl groups excluding tert-OH is 2. The number of benzene rings is 2. The van der Waals surface area contributed by atoms with E-state index in [1.54, 1.807) is 30.3 Å². The molecular weight excluding hydrogens is 266 g/mol. The van der Waals surface area contributed by atoms with E-state index in [9.17, 15) is 9.90 Å². The Labute approximate surface area is 124 Å². The Kier molecular flexibility index (Phi) is 5.09. The van der Waals surface area contributed by atoms with Crippen LogP contribution < -0.4 is 5.32 Å². The molecule has 0 spiro atoms. The third kappa shape index (κ3) is 3.90. The van der Waals surface area contributed by atoms with Gasteiger partial charge in [-0.05, 0) is 19.1 Å². The molecule has 0 fully saturated rings. The summed E-state index contributed by atoms with van der Waals surface area (Å²) in [6, 6.07) is 14.6. The molecule has 0 bridgehead atoms. The van der Waals surface area contributed by atoms with Gasteiger partial charge in [0.05, 0.1) is 12.7 Å². The maximum Gasteiger partial charge on any atom is 0.195 e. The summed E-state index contributed by atoms with van der Waals surface area (Å²) in [5.74, 6) is -0.0726. The van der Waals surface area contributed by atoms with Crippen LogP contribution in [0.2, 0.25) is 0 Å². The summed E-state index contributed by atoms with van der Waals surface area (Å²) in [6.45, 7) is 1.84. The van der Waals surface area contributed by atoms with Crippen molar-refractivity contribution in [2.45, 2.75) is 13.0 Å². The third-order valence-corrected chi connectivity index (χ3v) is 3.22. The van der Waals surface area contributed by atoms with Crippen LogP contribution in [0.3, 0.4) is 0 Å². The molecule has 0 aliphatic heterocycles. The number of nitrogens with one attached hydrogen (secondary N) is 1. The second kappa shape index (κ2) is 7.02. The molecule has 0 heterocycles. The maximum atomic E-state index is 12.5. The predicted octanol–water partition coefficient (Wildman–Crippen LogP) is 1.99. The minimum atomic E-state index is -0.854. The van der Waals surface area contributed by atoms with Gasteiger partial charge in [-0.3, -0.25) is 4.79 Å². The molecule has 0 radical (unpaired) electrons. The minimum Gasteiger partial charge on any atom is -0.394 e. The van der Waals surface area contributed by atoms with E-state index in [1.165, 1.54) is 0 Å². The van der Waals surface area contributed by atoms with E-state index >= 15 is 0 Å². The van der Waals surface area contributed by atoms with Gasteiger partial charge in [0, 0.05) is 23.4 Å². The van der Waals surface area contributed by atoms with Crippen molar-refractivity contribution in [2.24, 2.45) is 0 Å². The molecule has 4 nitrogen and oxygen atoms in total. The molecule has 2 aromatic carbocycles. The average Bonchev–Trinajstić information content (AvgIpc) is 2.53. The van der Waals surface area contributed by atoms with Crippen LogP contribution in [0.15, 0.2) is 48.5 Å². The largest absolute Gasteiger partial charge is 0.394 e. The lowest BCUT2D eigenvalue weighted by Crippen LogP contribution is -2.23. The number of rotatable bonds is 6. The number of hydrogen-bond donors (Lipinski definition) is 3. The molecule has 3 N–H and O–H groups in total. The third-order valence-electron chi connectivity index (χ3n) is 3.22. The van der Waals surface area contributed by atoms with Crippen LogP contribution in [0.5, 0.6) is 0 Å². The Hall–Kier alpha value is -2.17. The quantitative estimate of drug-likeness (QED) is 0.710. The van der Waals surface area contributed by atoms with Gasteiger partial charge in [0.25, 0.3) is 0 Å². The smallest absolute Gasteiger partial charge is 0.195 e. The zero-order chi connectivity index (χ0) is 15.2. The molecule has 110 valence electrons. The van der Waals surface area contributed by atoms with Gasteiger partial charge < -0.3 is 15.5 Å². The van der Waals surface area contributed by atoms with Crippen LogP contribution in [-0.2, 0) is 0 Å². The van der Waals surface area contributed by atoms with E-state index in [1.807, 2.05) is 25.1 Å². The number of aliphatic hydroxyl groups is 2. The number of carbonyl (C=O) groups excluding carboxylic acids is 1. The van der Waals surface area contributed by atoms with Crippen molar-refractivity contribution in [1.82, 2.24) is 0 Å². The molecule has 2 aromatic rings. The fourth-order valence-corrected chi connectivity index (χ4v) is 1.99. The summed E-state index contributed by atoms with van der Waals surface area (Å²) in [5, 5.41) is 21.2. The molecule has 1 atom stereocenters. The van der Waals surface area contributed by atoms with Crippen LogP contribution in [0.25, 0.3) is 0 Å².